The van der Waals surface area contributed by atoms with Crippen LogP contribution < -0.4 is 0 Å². The highest BCUT2D eigenvalue weighted by Crippen LogP contribution is 2.39. The van der Waals surface area contributed by atoms with Crippen molar-refractivity contribution in [1.29, 1.82) is 0 Å². The highest BCUT2D eigenvalue weighted by Gasteiger charge is 2.19. The second kappa shape index (κ2) is 5.34. The summed E-state index contributed by atoms with van der Waals surface area (Å²) in [5.74, 6) is -1.15. The van der Waals surface area contributed by atoms with E-state index in [1.54, 1.807) is 0 Å². The zero-order valence-corrected chi connectivity index (χ0v) is 12.9. The Morgan fingerprint density at radius 2 is 1.88 bits per heavy atom. The van der Waals surface area contributed by atoms with Crippen LogP contribution in [0.15, 0.2) is 28.1 Å². The molecule has 0 aliphatic rings. The number of hydrogen-bond donors (Lipinski definition) is 0. The van der Waals surface area contributed by atoms with E-state index in [-0.39, 0.29) is 15.4 Å². The molecule has 0 spiro atoms. The molecule has 1 unspecified atom stereocenters. The summed E-state index contributed by atoms with van der Waals surface area (Å²) in [6.07, 6.45) is 0. The molecule has 1 atom stereocenters. The maximum Gasteiger partial charge on any atom is 0.142 e. The molecule has 1 aromatic heterocycles. The van der Waals surface area contributed by atoms with Crippen LogP contribution in [0.3, 0.4) is 0 Å². The van der Waals surface area contributed by atoms with Crippen molar-refractivity contribution in [2.45, 2.75) is 4.83 Å². The number of hydrogen-bond acceptors (Lipinski definition) is 1. The maximum atomic E-state index is 13.7. The molecule has 0 radical (unpaired) electrons. The van der Waals surface area contributed by atoms with Gasteiger partial charge in [-0.25, -0.2) is 8.78 Å². The average molecular weight is 402 g/mol. The molecule has 17 heavy (non-hydrogen) atoms. The Balaban J connectivity index is 2.43. The van der Waals surface area contributed by atoms with E-state index in [1.807, 2.05) is 12.1 Å². The minimum atomic E-state index is -0.622. The molecule has 0 fully saturated rings. The topological polar surface area (TPSA) is 0 Å². The lowest BCUT2D eigenvalue weighted by Gasteiger charge is -2.10. The van der Waals surface area contributed by atoms with E-state index in [0.717, 1.165) is 20.8 Å². The average Bonchev–Trinajstić information content (AvgIpc) is 2.69. The third-order valence-electron chi connectivity index (χ3n) is 2.16. The van der Waals surface area contributed by atoms with Crippen LogP contribution in [0.5, 0.6) is 0 Å². The summed E-state index contributed by atoms with van der Waals surface area (Å²) in [6.45, 7) is 0. The van der Waals surface area contributed by atoms with Gasteiger partial charge >= 0.3 is 0 Å². The summed E-state index contributed by atoms with van der Waals surface area (Å²) in [7, 11) is 0. The number of alkyl halides is 1. The van der Waals surface area contributed by atoms with Crippen molar-refractivity contribution in [2.75, 3.05) is 0 Å². The van der Waals surface area contributed by atoms with E-state index >= 15 is 0 Å². The summed E-state index contributed by atoms with van der Waals surface area (Å²) in [5, 5.41) is -0.210. The normalized spacial score (nSPS) is 12.8. The monoisotopic (exact) mass is 400 g/mol. The summed E-state index contributed by atoms with van der Waals surface area (Å²) < 4.78 is 27.9. The Kier molecular flexibility index (Phi) is 4.23. The fraction of sp³-hybridized carbons (Fsp3) is 0.0909. The molecule has 0 amide bonds. The predicted molar refractivity (Wildman–Crippen MR) is 74.2 cm³/mol. The van der Waals surface area contributed by atoms with Gasteiger partial charge in [-0.15, -0.1) is 11.3 Å². The Morgan fingerprint density at radius 3 is 2.47 bits per heavy atom. The minimum absolute atomic E-state index is 0.210. The highest BCUT2D eigenvalue weighted by molar-refractivity contribution is 9.11. The van der Waals surface area contributed by atoms with E-state index < -0.39 is 11.6 Å². The van der Waals surface area contributed by atoms with Crippen molar-refractivity contribution < 1.29 is 8.78 Å². The molecule has 1 heterocycles. The molecule has 0 saturated heterocycles. The number of benzene rings is 1. The fourth-order valence-corrected chi connectivity index (χ4v) is 3.70. The van der Waals surface area contributed by atoms with E-state index in [1.165, 1.54) is 11.3 Å². The maximum absolute atomic E-state index is 13.7. The molecule has 0 aliphatic carbocycles. The van der Waals surface area contributed by atoms with Crippen LogP contribution in [-0.2, 0) is 0 Å². The van der Waals surface area contributed by atoms with Crippen molar-refractivity contribution in [3.05, 3.63) is 55.1 Å². The molecule has 0 aliphatic heterocycles. The Morgan fingerprint density at radius 1 is 1.18 bits per heavy atom. The van der Waals surface area contributed by atoms with Crippen molar-refractivity contribution in [3.8, 4) is 0 Å². The van der Waals surface area contributed by atoms with E-state index in [4.69, 9.17) is 11.6 Å². The van der Waals surface area contributed by atoms with Gasteiger partial charge in [0.2, 0.25) is 0 Å². The first-order chi connectivity index (χ1) is 7.99. The summed E-state index contributed by atoms with van der Waals surface area (Å²) in [5.41, 5.74) is 0.237. The second-order valence-electron chi connectivity index (χ2n) is 3.29. The zero-order valence-electron chi connectivity index (χ0n) is 8.18. The molecular weight excluding hydrogens is 397 g/mol. The zero-order chi connectivity index (χ0) is 12.6. The van der Waals surface area contributed by atoms with Crippen LogP contribution in [-0.4, -0.2) is 0 Å². The first-order valence-corrected chi connectivity index (χ1v) is 7.43. The molecule has 0 N–H and O–H groups in total. The molecule has 2 aromatic rings. The largest absolute Gasteiger partial charge is 0.207 e. The van der Waals surface area contributed by atoms with Gasteiger partial charge in [-0.1, -0.05) is 27.5 Å². The lowest BCUT2D eigenvalue weighted by molar-refractivity contribution is 0.589. The lowest BCUT2D eigenvalue weighted by Crippen LogP contribution is -1.96. The van der Waals surface area contributed by atoms with Gasteiger partial charge in [0.15, 0.2) is 0 Å². The van der Waals surface area contributed by atoms with Crippen molar-refractivity contribution >= 4 is 54.8 Å². The van der Waals surface area contributed by atoms with Gasteiger partial charge in [-0.3, -0.25) is 0 Å². The SMILES string of the molecule is Fc1cc(C(Br)c2ccc(Br)s2)c(F)cc1Cl. The van der Waals surface area contributed by atoms with Crippen LogP contribution in [0, 0.1) is 11.6 Å². The quantitative estimate of drug-likeness (QED) is 0.432. The smallest absolute Gasteiger partial charge is 0.142 e. The van der Waals surface area contributed by atoms with Crippen LogP contribution >= 0.6 is 54.8 Å². The van der Waals surface area contributed by atoms with Crippen LogP contribution in [0.1, 0.15) is 15.3 Å². The molecular formula is C11H5Br2ClF2S. The summed E-state index contributed by atoms with van der Waals surface area (Å²) in [4.78, 5) is 0.503. The highest BCUT2D eigenvalue weighted by atomic mass is 79.9. The fourth-order valence-electron chi connectivity index (χ4n) is 1.35. The van der Waals surface area contributed by atoms with E-state index in [9.17, 15) is 8.78 Å². The van der Waals surface area contributed by atoms with Gasteiger partial charge in [0, 0.05) is 10.4 Å². The number of halogens is 5. The number of thiophene rings is 1. The Labute approximate surface area is 123 Å². The third kappa shape index (κ3) is 2.89. The third-order valence-corrected chi connectivity index (χ3v) is 5.42. The molecule has 1 aromatic carbocycles. The van der Waals surface area contributed by atoms with Gasteiger partial charge in [0.1, 0.15) is 11.6 Å². The van der Waals surface area contributed by atoms with Gasteiger partial charge in [0.05, 0.1) is 13.6 Å². The molecule has 0 saturated carbocycles. The van der Waals surface area contributed by atoms with E-state index in [0.29, 0.717) is 0 Å². The van der Waals surface area contributed by atoms with Crippen molar-refractivity contribution in [2.24, 2.45) is 0 Å². The van der Waals surface area contributed by atoms with Crippen LogP contribution in [0.4, 0.5) is 8.78 Å². The first-order valence-electron chi connectivity index (χ1n) is 4.53. The molecule has 0 bridgehead atoms. The van der Waals surface area contributed by atoms with Gasteiger partial charge < -0.3 is 0 Å². The summed E-state index contributed by atoms with van der Waals surface area (Å²) in [6, 6.07) is 5.81. The van der Waals surface area contributed by atoms with Crippen molar-refractivity contribution in [1.82, 2.24) is 0 Å². The predicted octanol–water partition coefficient (Wildman–Crippen LogP) is 5.93. The lowest BCUT2D eigenvalue weighted by atomic mass is 10.1. The minimum Gasteiger partial charge on any atom is -0.207 e. The van der Waals surface area contributed by atoms with Gasteiger partial charge in [-0.2, -0.15) is 0 Å². The molecule has 0 nitrogen and oxygen atoms in total. The van der Waals surface area contributed by atoms with Gasteiger partial charge in [-0.05, 0) is 40.2 Å². The Bertz CT molecular complexity index is 556. The molecule has 6 heteroatoms. The summed E-state index contributed by atoms with van der Waals surface area (Å²) >= 11 is 13.6. The van der Waals surface area contributed by atoms with E-state index in [2.05, 4.69) is 31.9 Å². The van der Waals surface area contributed by atoms with Crippen LogP contribution in [0.25, 0.3) is 0 Å². The van der Waals surface area contributed by atoms with Crippen molar-refractivity contribution in [3.63, 3.8) is 0 Å². The molecule has 90 valence electrons. The van der Waals surface area contributed by atoms with Crippen LogP contribution in [0.2, 0.25) is 5.02 Å². The molecule has 2 rings (SSSR count). The second-order valence-corrected chi connectivity index (χ2v) is 7.11. The number of rotatable bonds is 2. The first kappa shape index (κ1) is 13.5. The Hall–Kier alpha value is 0.0300. The standard InChI is InChI=1S/C11H5Br2ClF2S/c12-10-2-1-9(17-10)11(13)5-3-8(16)6(14)4-7(5)15/h1-4,11H. The van der Waals surface area contributed by atoms with Gasteiger partial charge in [0.25, 0.3) is 0 Å².